The van der Waals surface area contributed by atoms with Crippen molar-refractivity contribution in [2.75, 3.05) is 28.2 Å². The van der Waals surface area contributed by atoms with Crippen molar-refractivity contribution in [2.45, 2.75) is 72.8 Å². The van der Waals surface area contributed by atoms with Crippen LogP contribution in [-0.2, 0) is 51.2 Å². The minimum absolute atomic E-state index is 0.0701. The van der Waals surface area contributed by atoms with Crippen molar-refractivity contribution in [3.63, 3.8) is 0 Å². The molecular formula is C50H48N10O12. The van der Waals surface area contributed by atoms with Gasteiger partial charge in [-0.05, 0) is 89.3 Å². The number of unbranched alkanes of at least 4 members (excludes halogenated alkanes) is 1. The SMILES string of the molecule is CN(C)[C@@H]1C(=O)C(C(N)=O)C(=O)[C@@]2(C#N)C(=O)C3C(=O)c4c(O)ccc(C#CCCC#Cc5ccc(O)c6c5C[C@@]5(N)C[C@@]7(N)[C@H](N(C)C)C(=O)C(C(N)=O)C(=O)[C@@]7(C#N)C(=O)C5C6=O)c4C[C@@]3(N)C[C@@]12N. The molecule has 6 aliphatic carbocycles. The molecule has 12 atom stereocenters. The van der Waals surface area contributed by atoms with Crippen LogP contribution in [0.2, 0.25) is 0 Å². The van der Waals surface area contributed by atoms with Crippen LogP contribution in [0.4, 0.5) is 0 Å². The topological polar surface area (TPSA) is 421 Å². The van der Waals surface area contributed by atoms with E-state index in [9.17, 15) is 68.7 Å². The number of phenolic OH excluding ortho intramolecular Hbond substituents is 2. The van der Waals surface area contributed by atoms with Crippen molar-refractivity contribution in [1.82, 2.24) is 9.80 Å². The Kier molecular flexibility index (Phi) is 11.5. The first kappa shape index (κ1) is 50.6. The maximum Gasteiger partial charge on any atom is 0.235 e. The number of phenols is 2. The molecule has 8 rings (SSSR count). The monoisotopic (exact) mass is 980 g/mol. The zero-order chi connectivity index (χ0) is 53.3. The van der Waals surface area contributed by atoms with Crippen molar-refractivity contribution >= 4 is 58.1 Å². The van der Waals surface area contributed by atoms with E-state index in [1.54, 1.807) is 12.1 Å². The molecule has 0 aromatic heterocycles. The second-order valence-electron chi connectivity index (χ2n) is 20.3. The first-order valence-corrected chi connectivity index (χ1v) is 22.4. The van der Waals surface area contributed by atoms with Gasteiger partial charge in [0.2, 0.25) is 11.8 Å². The first-order valence-electron chi connectivity index (χ1n) is 22.4. The predicted molar refractivity (Wildman–Crippen MR) is 246 cm³/mol. The van der Waals surface area contributed by atoms with E-state index in [4.69, 9.17) is 34.4 Å². The highest BCUT2D eigenvalue weighted by atomic mass is 16.3. The van der Waals surface area contributed by atoms with Crippen LogP contribution in [0, 0.1) is 80.8 Å². The molecule has 22 nitrogen and oxygen atoms in total. The van der Waals surface area contributed by atoms with Gasteiger partial charge in [0.15, 0.2) is 68.9 Å². The Morgan fingerprint density at radius 2 is 0.931 bits per heavy atom. The summed E-state index contributed by atoms with van der Waals surface area (Å²) in [5, 5.41) is 43.3. The molecule has 4 fully saturated rings. The maximum absolute atomic E-state index is 14.6. The van der Waals surface area contributed by atoms with E-state index in [0.29, 0.717) is 0 Å². The van der Waals surface area contributed by atoms with E-state index in [-0.39, 0.29) is 59.1 Å². The number of likely N-dealkylation sites (N-methyl/N-ethyl adjacent to an activating group) is 2. The van der Waals surface area contributed by atoms with Gasteiger partial charge in [0, 0.05) is 35.0 Å². The van der Waals surface area contributed by atoms with Gasteiger partial charge in [-0.1, -0.05) is 23.7 Å². The second kappa shape index (κ2) is 16.4. The molecule has 2 amide bonds. The fourth-order valence-electron chi connectivity index (χ4n) is 13.1. The van der Waals surface area contributed by atoms with E-state index in [1.165, 1.54) is 62.3 Å². The summed E-state index contributed by atoms with van der Waals surface area (Å²) in [5.41, 5.74) is 24.2. The van der Waals surface area contributed by atoms with Gasteiger partial charge in [-0.15, -0.1) is 0 Å². The molecule has 0 heterocycles. The van der Waals surface area contributed by atoms with Crippen LogP contribution in [0.25, 0.3) is 0 Å². The van der Waals surface area contributed by atoms with Crippen molar-refractivity contribution in [3.8, 4) is 47.3 Å². The lowest BCUT2D eigenvalue weighted by molar-refractivity contribution is -0.169. The standard InChI is InChI=1S/C50H48N10O12/c1-59(2)37-35(65)29(43(53)71)39(67)47(19-51)41(69)31-33(63)27-23(15-45(31,55)17-49(37,47)57)21(11-13-25(27)61)9-7-5-6-8-10-22-12-14-26(62)28-24(22)16-46(56)18-50(58)38(60(3)4)36(66)30(44(54)72)40(68)48(50,20-52)42(70)32(46)34(28)64/h11-14,29-32,37-38,61-62H,5-6,15-18,55-58H2,1-4H3,(H2,53,71)(H2,54,72)/t29?,30?,31?,32?,37-,38-,45-,46-,47+,48+,49-,50-/m1/s1. The quantitative estimate of drug-likeness (QED) is 0.0807. The number of amides is 2. The maximum atomic E-state index is 14.6. The molecule has 0 saturated heterocycles. The van der Waals surface area contributed by atoms with Crippen molar-refractivity contribution in [1.29, 1.82) is 10.5 Å². The number of hydrogen-bond donors (Lipinski definition) is 8. The van der Waals surface area contributed by atoms with Crippen LogP contribution in [0.5, 0.6) is 11.5 Å². The van der Waals surface area contributed by atoms with E-state index >= 15 is 0 Å². The normalized spacial score (nSPS) is 35.4. The van der Waals surface area contributed by atoms with Gasteiger partial charge in [0.1, 0.15) is 23.3 Å². The molecule has 2 aromatic carbocycles. The van der Waals surface area contributed by atoms with Gasteiger partial charge in [-0.25, -0.2) is 0 Å². The molecule has 0 bridgehead atoms. The Bertz CT molecular complexity index is 3010. The number of primary amides is 2. The molecule has 0 radical (unpaired) electrons. The lowest BCUT2D eigenvalue weighted by Gasteiger charge is -2.60. The number of nitrogens with zero attached hydrogens (tertiary/aromatic N) is 4. The molecule has 370 valence electrons. The predicted octanol–water partition coefficient (Wildman–Crippen LogP) is -3.89. The smallest absolute Gasteiger partial charge is 0.235 e. The zero-order valence-corrected chi connectivity index (χ0v) is 39.2. The largest absolute Gasteiger partial charge is 0.507 e. The third-order valence-electron chi connectivity index (χ3n) is 15.8. The van der Waals surface area contributed by atoms with Crippen molar-refractivity contribution in [3.05, 3.63) is 57.6 Å². The molecule has 4 saturated carbocycles. The summed E-state index contributed by atoms with van der Waals surface area (Å²) >= 11 is 0. The lowest BCUT2D eigenvalue weighted by Crippen LogP contribution is -2.85. The van der Waals surface area contributed by atoms with Crippen LogP contribution in [0.15, 0.2) is 24.3 Å². The number of nitriles is 2. The number of rotatable bonds is 5. The minimum Gasteiger partial charge on any atom is -0.507 e. The Morgan fingerprint density at radius 1 is 0.597 bits per heavy atom. The number of aromatic hydroxyl groups is 2. The van der Waals surface area contributed by atoms with E-state index in [0.717, 1.165) is 0 Å². The molecule has 6 aliphatic rings. The number of ketones is 8. The Balaban J connectivity index is 1.10. The van der Waals surface area contributed by atoms with Gasteiger partial charge in [0.05, 0.1) is 46.4 Å². The highest BCUT2D eigenvalue weighted by molar-refractivity contribution is 6.35. The summed E-state index contributed by atoms with van der Waals surface area (Å²) in [7, 11) is 5.56. The Hall–Kier alpha value is -7.80. The molecule has 72 heavy (non-hydrogen) atoms. The van der Waals surface area contributed by atoms with Crippen molar-refractivity contribution < 1.29 is 58.2 Å². The molecular weight excluding hydrogens is 933 g/mol. The van der Waals surface area contributed by atoms with Crippen LogP contribution in [0.3, 0.4) is 0 Å². The summed E-state index contributed by atoms with van der Waals surface area (Å²) < 4.78 is 0. The van der Waals surface area contributed by atoms with Crippen molar-refractivity contribution in [2.24, 2.45) is 68.9 Å². The number of hydrogen-bond acceptors (Lipinski definition) is 20. The average Bonchev–Trinajstić information content (AvgIpc) is 3.24. The van der Waals surface area contributed by atoms with Gasteiger partial charge < -0.3 is 44.6 Å². The van der Waals surface area contributed by atoms with Gasteiger partial charge in [-0.3, -0.25) is 57.7 Å². The number of Topliss-reactive ketones (excluding diaryl/α,β-unsaturated/α-hetero) is 8. The molecule has 0 aliphatic heterocycles. The van der Waals surface area contributed by atoms with Crippen LogP contribution < -0.4 is 34.4 Å². The summed E-state index contributed by atoms with van der Waals surface area (Å²) in [6.45, 7) is 0. The first-order chi connectivity index (χ1) is 33.5. The highest BCUT2D eigenvalue weighted by Gasteiger charge is 2.80. The Labute approximate surface area is 410 Å². The summed E-state index contributed by atoms with van der Waals surface area (Å²) in [5.74, 6) is -10.1. The molecule has 14 N–H and O–H groups in total. The molecule has 0 spiro atoms. The third-order valence-corrected chi connectivity index (χ3v) is 15.8. The second-order valence-corrected chi connectivity index (χ2v) is 20.3. The van der Waals surface area contributed by atoms with Gasteiger partial charge in [-0.2, -0.15) is 10.5 Å². The summed E-state index contributed by atoms with van der Waals surface area (Å²) in [4.78, 5) is 141. The molecule has 2 aromatic rings. The number of carbonyl (C=O) groups excluding carboxylic acids is 10. The summed E-state index contributed by atoms with van der Waals surface area (Å²) in [6, 6.07) is 5.29. The number of benzene rings is 2. The number of fused-ring (bicyclic) bond motifs is 6. The zero-order valence-electron chi connectivity index (χ0n) is 39.2. The van der Waals surface area contributed by atoms with E-state index in [2.05, 4.69) is 23.7 Å². The average molecular weight is 981 g/mol. The fraction of sp³-hybridized carbons (Fsp3) is 0.440. The Morgan fingerprint density at radius 3 is 1.22 bits per heavy atom. The lowest BCUT2D eigenvalue weighted by atomic mass is 9.42. The number of carbonyl (C=O) groups is 10. The van der Waals surface area contributed by atoms with Crippen LogP contribution >= 0.6 is 0 Å². The van der Waals surface area contributed by atoms with E-state index < -0.39 is 151 Å². The van der Waals surface area contributed by atoms with Gasteiger partial charge >= 0.3 is 0 Å². The summed E-state index contributed by atoms with van der Waals surface area (Å²) in [6.07, 6.45) is -1.78. The van der Waals surface area contributed by atoms with Gasteiger partial charge in [0.25, 0.3) is 0 Å². The fourth-order valence-corrected chi connectivity index (χ4v) is 13.1. The van der Waals surface area contributed by atoms with Crippen LogP contribution in [0.1, 0.15) is 68.7 Å². The van der Waals surface area contributed by atoms with E-state index in [1.807, 2.05) is 0 Å². The molecule has 4 unspecified atom stereocenters. The van der Waals surface area contributed by atoms with Crippen LogP contribution in [-0.4, -0.2) is 141 Å². The third kappa shape index (κ3) is 6.24. The minimum atomic E-state index is -2.91. The molecule has 22 heteroatoms. The highest BCUT2D eigenvalue weighted by Crippen LogP contribution is 2.58. The number of nitrogens with two attached hydrogens (primary N) is 6.